The lowest BCUT2D eigenvalue weighted by atomic mass is 10.0. The number of aryl methyl sites for hydroxylation is 2. The summed E-state index contributed by atoms with van der Waals surface area (Å²) in [5, 5.41) is 8.54. The van der Waals surface area contributed by atoms with Crippen molar-refractivity contribution in [3.05, 3.63) is 35.4 Å². The molecule has 1 aromatic carbocycles. The van der Waals surface area contributed by atoms with E-state index in [1.165, 1.54) is 30.4 Å². The quantitative estimate of drug-likeness (QED) is 0.625. The van der Waals surface area contributed by atoms with Gasteiger partial charge in [0.15, 0.2) is 0 Å². The summed E-state index contributed by atoms with van der Waals surface area (Å²) < 4.78 is 0. The van der Waals surface area contributed by atoms with E-state index in [1.807, 2.05) is 0 Å². The molecule has 0 aliphatic carbocycles. The summed E-state index contributed by atoms with van der Waals surface area (Å²) >= 11 is 0. The Kier molecular flexibility index (Phi) is 7.95. The monoisotopic (exact) mass is 262 g/mol. The summed E-state index contributed by atoms with van der Waals surface area (Å²) in [6, 6.07) is 8.97. The number of hydrogen-bond donors (Lipinski definition) is 1. The molecule has 19 heavy (non-hydrogen) atoms. The van der Waals surface area contributed by atoms with Crippen molar-refractivity contribution in [1.82, 2.24) is 0 Å². The second kappa shape index (κ2) is 9.60. The maximum Gasteiger partial charge on any atom is 0.303 e. The fourth-order valence-electron chi connectivity index (χ4n) is 2.21. The molecule has 0 radical (unpaired) electrons. The van der Waals surface area contributed by atoms with Crippen LogP contribution in [0.15, 0.2) is 24.3 Å². The van der Waals surface area contributed by atoms with Crippen LogP contribution in [-0.2, 0) is 17.6 Å². The lowest BCUT2D eigenvalue weighted by Gasteiger charge is -2.04. The van der Waals surface area contributed by atoms with Gasteiger partial charge in [0.25, 0.3) is 0 Å². The first kappa shape index (κ1) is 15.7. The van der Waals surface area contributed by atoms with Crippen molar-refractivity contribution in [3.8, 4) is 0 Å². The van der Waals surface area contributed by atoms with Crippen molar-refractivity contribution in [2.45, 2.75) is 64.7 Å². The van der Waals surface area contributed by atoms with Gasteiger partial charge in [-0.15, -0.1) is 0 Å². The minimum atomic E-state index is -0.678. The Morgan fingerprint density at radius 2 is 1.42 bits per heavy atom. The highest BCUT2D eigenvalue weighted by Gasteiger charge is 1.98. The second-order valence-electron chi connectivity index (χ2n) is 5.23. The summed E-state index contributed by atoms with van der Waals surface area (Å²) in [6.45, 7) is 2.22. The maximum absolute atomic E-state index is 10.4. The van der Waals surface area contributed by atoms with E-state index in [1.54, 1.807) is 0 Å². The second-order valence-corrected chi connectivity index (χ2v) is 5.23. The number of hydrogen-bond acceptors (Lipinski definition) is 1. The van der Waals surface area contributed by atoms with Gasteiger partial charge in [-0.1, -0.05) is 50.5 Å². The lowest BCUT2D eigenvalue weighted by Crippen LogP contribution is -1.94. The number of carboxylic acid groups (broad SMARTS) is 1. The van der Waals surface area contributed by atoms with Crippen LogP contribution in [0.2, 0.25) is 0 Å². The van der Waals surface area contributed by atoms with Crippen LogP contribution >= 0.6 is 0 Å². The SMILES string of the molecule is CCCCc1ccc(CCCCCCC(=O)O)cc1. The molecule has 0 aliphatic heterocycles. The smallest absolute Gasteiger partial charge is 0.303 e. The first-order valence-electron chi connectivity index (χ1n) is 7.52. The van der Waals surface area contributed by atoms with E-state index in [-0.39, 0.29) is 0 Å². The third kappa shape index (κ3) is 7.66. The summed E-state index contributed by atoms with van der Waals surface area (Å²) in [7, 11) is 0. The molecular weight excluding hydrogens is 236 g/mol. The van der Waals surface area contributed by atoms with Crippen LogP contribution in [-0.4, -0.2) is 11.1 Å². The van der Waals surface area contributed by atoms with E-state index >= 15 is 0 Å². The Morgan fingerprint density at radius 1 is 0.895 bits per heavy atom. The predicted octanol–water partition coefficient (Wildman–Crippen LogP) is 4.61. The van der Waals surface area contributed by atoms with Crippen molar-refractivity contribution in [1.29, 1.82) is 0 Å². The molecule has 0 saturated carbocycles. The van der Waals surface area contributed by atoms with E-state index in [0.29, 0.717) is 6.42 Å². The van der Waals surface area contributed by atoms with Gasteiger partial charge in [-0.05, 0) is 43.2 Å². The van der Waals surface area contributed by atoms with Crippen molar-refractivity contribution in [2.75, 3.05) is 0 Å². The number of rotatable bonds is 10. The molecule has 2 nitrogen and oxygen atoms in total. The minimum absolute atomic E-state index is 0.312. The minimum Gasteiger partial charge on any atom is -0.481 e. The zero-order chi connectivity index (χ0) is 13.9. The van der Waals surface area contributed by atoms with E-state index in [9.17, 15) is 4.79 Å². The molecule has 0 saturated heterocycles. The largest absolute Gasteiger partial charge is 0.481 e. The summed E-state index contributed by atoms with van der Waals surface area (Å²) in [5.74, 6) is -0.678. The Morgan fingerprint density at radius 3 is 1.95 bits per heavy atom. The van der Waals surface area contributed by atoms with Crippen molar-refractivity contribution < 1.29 is 9.90 Å². The number of unbranched alkanes of at least 4 members (excludes halogenated alkanes) is 4. The van der Waals surface area contributed by atoms with Crippen LogP contribution in [0.3, 0.4) is 0 Å². The van der Waals surface area contributed by atoms with Crippen molar-refractivity contribution >= 4 is 5.97 Å². The molecule has 1 N–H and O–H groups in total. The van der Waals surface area contributed by atoms with E-state index in [4.69, 9.17) is 5.11 Å². The molecule has 2 heteroatoms. The highest BCUT2D eigenvalue weighted by Crippen LogP contribution is 2.12. The number of carboxylic acids is 1. The fraction of sp³-hybridized carbons (Fsp3) is 0.588. The predicted molar refractivity (Wildman–Crippen MR) is 79.5 cm³/mol. The zero-order valence-electron chi connectivity index (χ0n) is 12.0. The first-order valence-corrected chi connectivity index (χ1v) is 7.52. The van der Waals surface area contributed by atoms with Crippen molar-refractivity contribution in [3.63, 3.8) is 0 Å². The average Bonchev–Trinajstić information content (AvgIpc) is 2.41. The van der Waals surface area contributed by atoms with Crippen LogP contribution in [0.25, 0.3) is 0 Å². The molecule has 0 atom stereocenters. The van der Waals surface area contributed by atoms with Crippen LogP contribution in [0.1, 0.15) is 63.0 Å². The zero-order valence-corrected chi connectivity index (χ0v) is 12.0. The molecule has 0 aromatic heterocycles. The van der Waals surface area contributed by atoms with Crippen LogP contribution in [0.5, 0.6) is 0 Å². The highest BCUT2D eigenvalue weighted by molar-refractivity contribution is 5.66. The average molecular weight is 262 g/mol. The molecule has 0 amide bonds. The molecule has 0 unspecified atom stereocenters. The van der Waals surface area contributed by atoms with Gasteiger partial charge in [0.2, 0.25) is 0 Å². The number of aliphatic carboxylic acids is 1. The van der Waals surface area contributed by atoms with Crippen molar-refractivity contribution in [2.24, 2.45) is 0 Å². The topological polar surface area (TPSA) is 37.3 Å². The third-order valence-electron chi connectivity index (χ3n) is 3.45. The van der Waals surface area contributed by atoms with Gasteiger partial charge in [0.1, 0.15) is 0 Å². The molecule has 0 bridgehead atoms. The molecule has 0 heterocycles. The standard InChI is InChI=1S/C17H26O2/c1-2-3-8-15-11-13-16(14-12-15)9-6-4-5-7-10-17(18)19/h11-14H,2-10H2,1H3,(H,18,19). The maximum atomic E-state index is 10.4. The van der Waals surface area contributed by atoms with Gasteiger partial charge in [-0.2, -0.15) is 0 Å². The molecule has 0 spiro atoms. The van der Waals surface area contributed by atoms with Gasteiger partial charge in [0, 0.05) is 6.42 Å². The third-order valence-corrected chi connectivity index (χ3v) is 3.45. The van der Waals surface area contributed by atoms with Gasteiger partial charge in [-0.3, -0.25) is 4.79 Å². The number of carbonyl (C=O) groups is 1. The van der Waals surface area contributed by atoms with Crippen LogP contribution in [0.4, 0.5) is 0 Å². The van der Waals surface area contributed by atoms with Crippen LogP contribution in [0, 0.1) is 0 Å². The molecule has 0 aliphatic rings. The number of benzene rings is 1. The molecule has 1 aromatic rings. The summed E-state index contributed by atoms with van der Waals surface area (Å²) in [4.78, 5) is 10.4. The summed E-state index contributed by atoms with van der Waals surface area (Å²) in [5.41, 5.74) is 2.84. The first-order chi connectivity index (χ1) is 9.22. The molecule has 0 fully saturated rings. The Bertz CT molecular complexity index is 354. The Labute approximate surface area is 116 Å². The Balaban J connectivity index is 2.14. The Hall–Kier alpha value is -1.31. The lowest BCUT2D eigenvalue weighted by molar-refractivity contribution is -0.137. The van der Waals surface area contributed by atoms with Gasteiger partial charge in [0.05, 0.1) is 0 Å². The molecule has 106 valence electrons. The molecular formula is C17H26O2. The van der Waals surface area contributed by atoms with E-state index < -0.39 is 5.97 Å². The summed E-state index contributed by atoms with van der Waals surface area (Å²) in [6.07, 6.45) is 9.26. The highest BCUT2D eigenvalue weighted by atomic mass is 16.4. The normalized spacial score (nSPS) is 10.6. The van der Waals surface area contributed by atoms with Gasteiger partial charge >= 0.3 is 5.97 Å². The van der Waals surface area contributed by atoms with E-state index in [0.717, 1.165) is 32.1 Å². The van der Waals surface area contributed by atoms with E-state index in [2.05, 4.69) is 31.2 Å². The fourth-order valence-corrected chi connectivity index (χ4v) is 2.21. The van der Waals surface area contributed by atoms with Crippen LogP contribution < -0.4 is 0 Å². The van der Waals surface area contributed by atoms with Gasteiger partial charge in [-0.25, -0.2) is 0 Å². The molecule has 1 rings (SSSR count). The van der Waals surface area contributed by atoms with Gasteiger partial charge < -0.3 is 5.11 Å².